The molecule has 1 aliphatic heterocycles. The summed E-state index contributed by atoms with van der Waals surface area (Å²) in [7, 11) is -3.77. The second-order valence-electron chi connectivity index (χ2n) is 9.25. The summed E-state index contributed by atoms with van der Waals surface area (Å²) < 4.78 is 39.5. The van der Waals surface area contributed by atoms with Gasteiger partial charge < -0.3 is 9.47 Å². The number of aromatic nitrogens is 1. The van der Waals surface area contributed by atoms with Gasteiger partial charge in [0.15, 0.2) is 5.13 Å². The van der Waals surface area contributed by atoms with Crippen LogP contribution in [0.1, 0.15) is 23.7 Å². The topological polar surface area (TPSA) is 92.3 Å². The summed E-state index contributed by atoms with van der Waals surface area (Å²) in [6.45, 7) is 14.6. The number of morpholine rings is 1. The lowest BCUT2D eigenvalue weighted by molar-refractivity contribution is 0.0376. The van der Waals surface area contributed by atoms with E-state index in [-0.39, 0.29) is 23.9 Å². The molecule has 1 amide bonds. The summed E-state index contributed by atoms with van der Waals surface area (Å²) in [6.07, 6.45) is 3.82. The molecule has 11 heteroatoms. The number of nitrogens with zero attached hydrogens (tertiary/aromatic N) is 4. The highest BCUT2D eigenvalue weighted by atomic mass is 32.2. The van der Waals surface area contributed by atoms with Gasteiger partial charge in [-0.2, -0.15) is 4.31 Å². The summed E-state index contributed by atoms with van der Waals surface area (Å²) >= 11 is 1.44. The number of ether oxygens (including phenoxy) is 2. The molecule has 0 spiro atoms. The number of carbonyl (C=O) groups excluding carboxylic acids is 1. The van der Waals surface area contributed by atoms with Crippen LogP contribution in [0.25, 0.3) is 10.2 Å². The molecule has 40 heavy (non-hydrogen) atoms. The quantitative estimate of drug-likeness (QED) is 0.259. The summed E-state index contributed by atoms with van der Waals surface area (Å²) in [4.78, 5) is 22.7. The van der Waals surface area contributed by atoms with Crippen LogP contribution in [0, 0.1) is 0 Å². The van der Waals surface area contributed by atoms with Crippen LogP contribution in [0.5, 0.6) is 5.75 Å². The van der Waals surface area contributed by atoms with Crippen LogP contribution in [-0.4, -0.2) is 87.6 Å². The maximum absolute atomic E-state index is 13.8. The lowest BCUT2D eigenvalue weighted by Crippen LogP contribution is -2.39. The SMILES string of the molecule is C=CCN(CC=C)S(=O)(=O)c1ccc(C(=O)N(CCCN2CCOCC2)c2nc3ccc(OCC)cc3s2)cc1. The zero-order valence-electron chi connectivity index (χ0n) is 22.8. The molecule has 0 atom stereocenters. The number of anilines is 1. The van der Waals surface area contributed by atoms with E-state index in [0.29, 0.717) is 23.8 Å². The molecule has 0 radical (unpaired) electrons. The van der Waals surface area contributed by atoms with Crippen molar-refractivity contribution in [3.05, 3.63) is 73.3 Å². The summed E-state index contributed by atoms with van der Waals surface area (Å²) in [5.74, 6) is 0.526. The predicted octanol–water partition coefficient (Wildman–Crippen LogP) is 4.43. The smallest absolute Gasteiger partial charge is 0.260 e. The molecule has 1 saturated heterocycles. The van der Waals surface area contributed by atoms with Gasteiger partial charge in [-0.05, 0) is 55.8 Å². The Morgan fingerprint density at radius 1 is 1.12 bits per heavy atom. The molecule has 1 aliphatic rings. The number of carbonyl (C=O) groups is 1. The Hall–Kier alpha value is -3.09. The number of benzene rings is 2. The van der Waals surface area contributed by atoms with Gasteiger partial charge in [-0.15, -0.1) is 13.2 Å². The minimum atomic E-state index is -3.77. The third-order valence-electron chi connectivity index (χ3n) is 6.50. The van der Waals surface area contributed by atoms with E-state index in [1.54, 1.807) is 17.0 Å². The molecule has 1 aromatic heterocycles. The highest BCUT2D eigenvalue weighted by Gasteiger charge is 2.25. The first kappa shape index (κ1) is 29.9. The molecule has 3 aromatic rings. The summed E-state index contributed by atoms with van der Waals surface area (Å²) in [5.41, 5.74) is 1.18. The molecule has 0 aliphatic carbocycles. The van der Waals surface area contributed by atoms with Gasteiger partial charge in [-0.1, -0.05) is 23.5 Å². The van der Waals surface area contributed by atoms with Crippen LogP contribution in [0.4, 0.5) is 5.13 Å². The maximum atomic E-state index is 13.8. The maximum Gasteiger partial charge on any atom is 0.260 e. The minimum absolute atomic E-state index is 0.107. The number of fused-ring (bicyclic) bond motifs is 1. The predicted molar refractivity (Wildman–Crippen MR) is 160 cm³/mol. The standard InChI is InChI=1S/C29H36N4O5S2/c1-4-14-32(15-5-2)40(35,36)25-11-8-23(9-12-25)28(34)33(17-7-16-31-18-20-37-21-19-31)29-30-26-13-10-24(38-6-3)22-27(26)39-29/h4-5,8-13,22H,1-2,6-7,14-21H2,3H3. The molecule has 214 valence electrons. The van der Waals surface area contributed by atoms with Crippen LogP contribution >= 0.6 is 11.3 Å². The lowest BCUT2D eigenvalue weighted by atomic mass is 10.2. The van der Waals surface area contributed by atoms with Crippen molar-refractivity contribution in [1.29, 1.82) is 0 Å². The number of thiazole rings is 1. The van der Waals surface area contributed by atoms with Crippen LogP contribution in [0.2, 0.25) is 0 Å². The van der Waals surface area contributed by atoms with Gasteiger partial charge in [0.25, 0.3) is 5.91 Å². The Morgan fingerprint density at radius 3 is 2.48 bits per heavy atom. The van der Waals surface area contributed by atoms with Gasteiger partial charge in [-0.25, -0.2) is 13.4 Å². The van der Waals surface area contributed by atoms with E-state index in [9.17, 15) is 13.2 Å². The Bertz CT molecular complexity index is 1410. The molecule has 2 heterocycles. The van der Waals surface area contributed by atoms with Crippen molar-refractivity contribution in [2.75, 3.05) is 64.0 Å². The van der Waals surface area contributed by atoms with E-state index in [1.807, 2.05) is 25.1 Å². The molecular weight excluding hydrogens is 548 g/mol. The van der Waals surface area contributed by atoms with Crippen molar-refractivity contribution in [3.63, 3.8) is 0 Å². The molecule has 0 unspecified atom stereocenters. The minimum Gasteiger partial charge on any atom is -0.494 e. The number of amides is 1. The van der Waals surface area contributed by atoms with E-state index in [2.05, 4.69) is 18.1 Å². The van der Waals surface area contributed by atoms with E-state index in [4.69, 9.17) is 14.5 Å². The number of hydrogen-bond acceptors (Lipinski definition) is 8. The highest BCUT2D eigenvalue weighted by Crippen LogP contribution is 2.32. The van der Waals surface area contributed by atoms with Gasteiger partial charge >= 0.3 is 0 Å². The molecule has 0 N–H and O–H groups in total. The van der Waals surface area contributed by atoms with Crippen LogP contribution in [0.3, 0.4) is 0 Å². The largest absolute Gasteiger partial charge is 0.494 e. The highest BCUT2D eigenvalue weighted by molar-refractivity contribution is 7.89. The van der Waals surface area contributed by atoms with E-state index >= 15 is 0 Å². The zero-order chi connectivity index (χ0) is 28.5. The molecule has 9 nitrogen and oxygen atoms in total. The molecule has 4 rings (SSSR count). The summed E-state index contributed by atoms with van der Waals surface area (Å²) in [6, 6.07) is 11.8. The molecule has 2 aromatic carbocycles. The zero-order valence-corrected chi connectivity index (χ0v) is 24.5. The fraction of sp³-hybridized carbons (Fsp3) is 0.379. The normalized spacial score (nSPS) is 14.3. The lowest BCUT2D eigenvalue weighted by Gasteiger charge is -2.27. The van der Waals surface area contributed by atoms with Gasteiger partial charge in [0, 0.05) is 44.8 Å². The van der Waals surface area contributed by atoms with Gasteiger partial charge in [-0.3, -0.25) is 14.6 Å². The van der Waals surface area contributed by atoms with Gasteiger partial charge in [0.1, 0.15) is 5.75 Å². The number of sulfonamides is 1. The first-order valence-corrected chi connectivity index (χ1v) is 15.6. The van der Waals surface area contributed by atoms with E-state index in [0.717, 1.165) is 55.2 Å². The van der Waals surface area contributed by atoms with Crippen LogP contribution in [0.15, 0.2) is 72.7 Å². The molecule has 0 saturated carbocycles. The Morgan fingerprint density at radius 2 is 1.82 bits per heavy atom. The van der Waals surface area contributed by atoms with Crippen LogP contribution in [-0.2, 0) is 14.8 Å². The second kappa shape index (κ2) is 14.0. The van der Waals surface area contributed by atoms with E-state index < -0.39 is 10.0 Å². The van der Waals surface area contributed by atoms with Crippen molar-refractivity contribution in [1.82, 2.24) is 14.2 Å². The van der Waals surface area contributed by atoms with Crippen LogP contribution < -0.4 is 9.64 Å². The number of rotatable bonds is 14. The average Bonchev–Trinajstić information content (AvgIpc) is 3.39. The average molecular weight is 585 g/mol. The van der Waals surface area contributed by atoms with Crippen molar-refractivity contribution in [2.24, 2.45) is 0 Å². The molecule has 0 bridgehead atoms. The summed E-state index contributed by atoms with van der Waals surface area (Å²) in [5, 5.41) is 0.593. The van der Waals surface area contributed by atoms with E-state index in [1.165, 1.54) is 39.9 Å². The Kier molecular flexibility index (Phi) is 10.5. The third kappa shape index (κ3) is 7.15. The van der Waals surface area contributed by atoms with Crippen molar-refractivity contribution >= 4 is 42.6 Å². The first-order chi connectivity index (χ1) is 19.4. The van der Waals surface area contributed by atoms with Crippen molar-refractivity contribution < 1.29 is 22.7 Å². The van der Waals surface area contributed by atoms with Crippen molar-refractivity contribution in [3.8, 4) is 5.75 Å². The fourth-order valence-corrected chi connectivity index (χ4v) is 6.86. The second-order valence-corrected chi connectivity index (χ2v) is 12.2. The Balaban J connectivity index is 1.59. The Labute approximate surface area is 240 Å². The van der Waals surface area contributed by atoms with Gasteiger partial charge in [0.05, 0.1) is 34.9 Å². The molecular formula is C29H36N4O5S2. The number of hydrogen-bond donors (Lipinski definition) is 0. The first-order valence-electron chi connectivity index (χ1n) is 13.3. The monoisotopic (exact) mass is 584 g/mol. The van der Waals surface area contributed by atoms with Gasteiger partial charge in [0.2, 0.25) is 10.0 Å². The van der Waals surface area contributed by atoms with Crippen molar-refractivity contribution in [2.45, 2.75) is 18.2 Å². The molecule has 1 fully saturated rings. The fourth-order valence-electron chi connectivity index (χ4n) is 4.46. The third-order valence-corrected chi connectivity index (χ3v) is 9.39.